The molecule has 274 valence electrons. The Morgan fingerprint density at radius 3 is 2.36 bits per heavy atom. The Bertz CT molecular complexity index is 2170. The fourth-order valence-electron chi connectivity index (χ4n) is 7.63. The molecule has 3 aliphatic rings. The number of allylic oxidation sites excluding steroid dienone is 3. The van der Waals surface area contributed by atoms with Gasteiger partial charge in [-0.3, -0.25) is 19.2 Å². The quantitative estimate of drug-likeness (QED) is 0.0596. The molecule has 0 aromatic carbocycles. The number of carbonyl (C=O) groups is 4. The number of aromatic nitrogens is 3. The van der Waals surface area contributed by atoms with Gasteiger partial charge in [0.2, 0.25) is 0 Å². The van der Waals surface area contributed by atoms with Crippen LogP contribution in [0.15, 0.2) is 23.0 Å². The Morgan fingerprint density at radius 1 is 0.925 bits per heavy atom. The summed E-state index contributed by atoms with van der Waals surface area (Å²) in [6, 6.07) is 0. The number of aldehydes is 1. The van der Waals surface area contributed by atoms with Gasteiger partial charge in [-0.1, -0.05) is 78.3 Å². The van der Waals surface area contributed by atoms with Crippen LogP contribution in [0.25, 0.3) is 29.1 Å². The number of Topliss-reactive ketones (excluding diaryl/α,β-unsaturated/α-hetero) is 1. The van der Waals surface area contributed by atoms with Gasteiger partial charge in [-0.25, -0.2) is 0 Å². The molecule has 0 saturated carbocycles. The van der Waals surface area contributed by atoms with Crippen LogP contribution >= 0.6 is 0 Å². The van der Waals surface area contributed by atoms with Crippen molar-refractivity contribution in [3.05, 3.63) is 95.2 Å². The second-order valence-corrected chi connectivity index (χ2v) is 14.0. The van der Waals surface area contributed by atoms with E-state index in [-0.39, 0.29) is 53.8 Å². The van der Waals surface area contributed by atoms with E-state index in [4.69, 9.17) is 29.7 Å². The average Bonchev–Trinajstić information content (AvgIpc) is 3.89. The van der Waals surface area contributed by atoms with E-state index >= 15 is 0 Å². The number of ketones is 1. The van der Waals surface area contributed by atoms with E-state index in [2.05, 4.69) is 20.8 Å². The van der Waals surface area contributed by atoms with Gasteiger partial charge in [0.05, 0.1) is 7.11 Å². The zero-order chi connectivity index (χ0) is 37.3. The van der Waals surface area contributed by atoms with Gasteiger partial charge in [-0.05, 0) is 71.8 Å². The number of nitrogens with zero attached hydrogens (tertiary/aromatic N) is 4. The minimum absolute atomic E-state index is 0. The Morgan fingerprint density at radius 2 is 1.66 bits per heavy atom. The molecule has 0 radical (unpaired) electrons. The molecule has 11 heteroatoms. The molecule has 3 aromatic rings. The number of fused-ring (bicyclic) bond motifs is 7. The summed E-state index contributed by atoms with van der Waals surface area (Å²) >= 11 is 0. The molecule has 2 aliphatic heterocycles. The standard InChI is InChI=1S/C42H48N4O6.Mg/c1-8-10-11-12-22(3)15-16-52-35(48)14-13-26-17-27-18-30-24(5)29(21-47)34(44-30)19-31-23(4)28(9-2)33(45-31)20-32-25(6)36-40(46-32)37(39(26)43-27)38(41(36)49)42(50)51-7;/h15,18-21,26,38H,8-14,16-17H2,1-7H3,(H2-2,43,44,45,46,47,49);/q-2;+2/p-2/b22-15+,27-18-;/t26-,38+;/m0./s1. The molecule has 8 bridgehead atoms. The van der Waals surface area contributed by atoms with E-state index < -0.39 is 11.9 Å². The summed E-state index contributed by atoms with van der Waals surface area (Å²) in [5.74, 6) is -2.97. The minimum Gasteiger partial charge on any atom is -0.664 e. The molecule has 2 atom stereocenters. The summed E-state index contributed by atoms with van der Waals surface area (Å²) in [5.41, 5.74) is 9.10. The second kappa shape index (κ2) is 16.8. The zero-order valence-corrected chi connectivity index (χ0v) is 33.3. The largest absolute Gasteiger partial charge is 2.00 e. The van der Waals surface area contributed by atoms with Crippen LogP contribution in [0.4, 0.5) is 0 Å². The first-order chi connectivity index (χ1) is 25.0. The molecule has 1 fully saturated rings. The second-order valence-electron chi connectivity index (χ2n) is 14.0. The van der Waals surface area contributed by atoms with Crippen LogP contribution in [0, 0.1) is 32.6 Å². The van der Waals surface area contributed by atoms with Gasteiger partial charge < -0.3 is 29.7 Å². The number of hydrogen-bond acceptors (Lipinski definition) is 6. The number of carbonyl (C=O) groups excluding carboxylic acids is 4. The molecular weight excluding hydrogens is 681 g/mol. The van der Waals surface area contributed by atoms with Gasteiger partial charge >= 0.3 is 35.0 Å². The molecule has 0 spiro atoms. The SMILES string of the molecule is CCCCC/C(C)=C/COC(=O)CC[C@H]1C/C2=C/c3[n-]c(c(C=O)c3C)/C=c3\[n-]/c(c(CC)c3C)=C\c3[n-]c4c(c3C)C(=O)[C@H](C(=O)OC)/C4=C\1[N-]2.[Mg+2]. The Labute approximate surface area is 326 Å². The molecule has 0 N–H and O–H groups in total. The van der Waals surface area contributed by atoms with Crippen LogP contribution < -0.4 is 25.7 Å². The molecule has 3 aromatic heterocycles. The Balaban J connectivity index is 0.00000541. The van der Waals surface area contributed by atoms with Crippen molar-refractivity contribution in [2.75, 3.05) is 13.7 Å². The fourth-order valence-corrected chi connectivity index (χ4v) is 7.63. The summed E-state index contributed by atoms with van der Waals surface area (Å²) in [6.45, 7) is 12.2. The normalized spacial score (nSPS) is 21.1. The van der Waals surface area contributed by atoms with Crippen molar-refractivity contribution in [3.8, 4) is 0 Å². The van der Waals surface area contributed by atoms with E-state index in [0.717, 1.165) is 42.0 Å². The van der Waals surface area contributed by atoms with Gasteiger partial charge in [0.25, 0.3) is 0 Å². The topological polar surface area (TPSA) is 143 Å². The number of methoxy groups -OCH3 is 1. The van der Waals surface area contributed by atoms with Gasteiger partial charge in [0, 0.05) is 17.5 Å². The Kier molecular flexibility index (Phi) is 12.6. The first-order valence-electron chi connectivity index (χ1n) is 18.3. The molecular formula is C42H46MgN4O6-2. The first kappa shape index (κ1) is 39.8. The van der Waals surface area contributed by atoms with Crippen molar-refractivity contribution < 1.29 is 28.7 Å². The van der Waals surface area contributed by atoms with Crippen LogP contribution in [-0.2, 0) is 25.5 Å². The van der Waals surface area contributed by atoms with Crippen molar-refractivity contribution >= 4 is 70.9 Å². The van der Waals surface area contributed by atoms with Crippen molar-refractivity contribution in [1.29, 1.82) is 0 Å². The summed E-state index contributed by atoms with van der Waals surface area (Å²) in [5, 5.41) is 6.47. The van der Waals surface area contributed by atoms with E-state index in [1.54, 1.807) is 0 Å². The third-order valence-electron chi connectivity index (χ3n) is 10.7. The molecule has 6 rings (SSSR count). The number of hydrogen-bond donors (Lipinski definition) is 0. The maximum absolute atomic E-state index is 14.1. The molecule has 0 amide bonds. The number of ether oxygens (including phenoxy) is 2. The van der Waals surface area contributed by atoms with Crippen LogP contribution in [0.5, 0.6) is 0 Å². The third kappa shape index (κ3) is 7.69. The first-order valence-corrected chi connectivity index (χ1v) is 18.3. The van der Waals surface area contributed by atoms with Gasteiger partial charge in [0.15, 0.2) is 5.78 Å². The maximum Gasteiger partial charge on any atom is 2.00 e. The van der Waals surface area contributed by atoms with Crippen molar-refractivity contribution in [2.45, 2.75) is 92.9 Å². The predicted molar refractivity (Wildman–Crippen MR) is 205 cm³/mol. The monoisotopic (exact) mass is 726 g/mol. The number of esters is 2. The average molecular weight is 727 g/mol. The molecule has 1 saturated heterocycles. The van der Waals surface area contributed by atoms with E-state index in [1.807, 2.05) is 45.1 Å². The van der Waals surface area contributed by atoms with Gasteiger partial charge in [-0.15, -0.1) is 33.5 Å². The van der Waals surface area contributed by atoms with E-state index in [0.29, 0.717) is 86.6 Å². The van der Waals surface area contributed by atoms with Crippen LogP contribution in [-0.4, -0.2) is 60.8 Å². The smallest absolute Gasteiger partial charge is 0.664 e. The molecule has 10 nitrogen and oxygen atoms in total. The van der Waals surface area contributed by atoms with Crippen molar-refractivity contribution in [3.63, 3.8) is 0 Å². The summed E-state index contributed by atoms with van der Waals surface area (Å²) in [4.78, 5) is 67.7. The molecule has 5 heterocycles. The van der Waals surface area contributed by atoms with Crippen molar-refractivity contribution in [1.82, 2.24) is 15.0 Å². The van der Waals surface area contributed by atoms with Crippen LogP contribution in [0.2, 0.25) is 0 Å². The van der Waals surface area contributed by atoms with Crippen LogP contribution in [0.3, 0.4) is 0 Å². The number of rotatable bonds is 12. The van der Waals surface area contributed by atoms with Crippen LogP contribution in [0.1, 0.15) is 131 Å². The number of unbranched alkanes of at least 4 members (excludes halogenated alkanes) is 2. The Hall–Kier alpha value is -4.35. The van der Waals surface area contributed by atoms with Gasteiger partial charge in [-0.2, -0.15) is 11.4 Å². The molecule has 53 heavy (non-hydrogen) atoms. The summed E-state index contributed by atoms with van der Waals surface area (Å²) in [7, 11) is 1.26. The zero-order valence-electron chi connectivity index (χ0n) is 31.9. The van der Waals surface area contributed by atoms with E-state index in [9.17, 15) is 19.2 Å². The molecule has 1 aliphatic carbocycles. The third-order valence-corrected chi connectivity index (χ3v) is 10.7. The summed E-state index contributed by atoms with van der Waals surface area (Å²) in [6.07, 6.45) is 14.4. The minimum atomic E-state index is -1.23. The van der Waals surface area contributed by atoms with Gasteiger partial charge in [0.1, 0.15) is 18.8 Å². The fraction of sp³-hybridized carbons (Fsp3) is 0.429. The predicted octanol–water partition coefficient (Wildman–Crippen LogP) is 5.43. The summed E-state index contributed by atoms with van der Waals surface area (Å²) < 4.78 is 10.8. The van der Waals surface area contributed by atoms with Crippen molar-refractivity contribution in [2.24, 2.45) is 11.8 Å². The molecule has 0 unspecified atom stereocenters. The maximum atomic E-state index is 14.1. The van der Waals surface area contributed by atoms with E-state index in [1.165, 1.54) is 19.1 Å².